The molecular weight excluding hydrogens is 356 g/mol. The summed E-state index contributed by atoms with van der Waals surface area (Å²) in [4.78, 5) is 11.5. The fourth-order valence-electron chi connectivity index (χ4n) is 3.27. The maximum absolute atomic E-state index is 13.1. The quantitative estimate of drug-likeness (QED) is 0.857. The number of halogens is 1. The van der Waals surface area contributed by atoms with E-state index in [1.807, 2.05) is 0 Å². The Morgan fingerprint density at radius 2 is 1.96 bits per heavy atom. The molecule has 1 aromatic carbocycles. The maximum atomic E-state index is 13.1. The predicted octanol–water partition coefficient (Wildman–Crippen LogP) is 1.26. The highest BCUT2D eigenvalue weighted by Crippen LogP contribution is 2.38. The Hall–Kier alpha value is -1.51. The number of amides is 1. The first-order valence-corrected chi connectivity index (χ1v) is 9.39. The second-order valence-electron chi connectivity index (χ2n) is 5.93. The number of fused-ring (bicyclic) bond motifs is 1. The molecule has 0 aromatic heterocycles. The van der Waals surface area contributed by atoms with Crippen molar-refractivity contribution in [3.8, 4) is 11.5 Å². The second-order valence-corrected chi connectivity index (χ2v) is 8.24. The maximum Gasteiger partial charge on any atom is 0.246 e. The van der Waals surface area contributed by atoms with Gasteiger partial charge in [0.1, 0.15) is 16.4 Å². The van der Waals surface area contributed by atoms with E-state index in [0.29, 0.717) is 19.4 Å². The Kier molecular flexibility index (Phi) is 4.63. The first-order chi connectivity index (χ1) is 11.4. The van der Waals surface area contributed by atoms with Crippen LogP contribution >= 0.6 is 11.6 Å². The van der Waals surface area contributed by atoms with E-state index in [0.717, 1.165) is 0 Å². The molecule has 0 unspecified atom stereocenters. The zero-order valence-electron chi connectivity index (χ0n) is 13.4. The van der Waals surface area contributed by atoms with E-state index >= 15 is 0 Å². The minimum Gasteiger partial charge on any atom is -0.495 e. The average molecular weight is 375 g/mol. The van der Waals surface area contributed by atoms with E-state index in [-0.39, 0.29) is 45.8 Å². The number of ether oxygens (including phenoxy) is 2. The van der Waals surface area contributed by atoms with Gasteiger partial charge in [-0.2, -0.15) is 4.31 Å². The monoisotopic (exact) mass is 374 g/mol. The van der Waals surface area contributed by atoms with Crippen LogP contribution in [0.3, 0.4) is 0 Å². The summed E-state index contributed by atoms with van der Waals surface area (Å²) in [5, 5.41) is 3.12. The van der Waals surface area contributed by atoms with Gasteiger partial charge in [0.25, 0.3) is 0 Å². The fourth-order valence-corrected chi connectivity index (χ4v) is 5.14. The van der Waals surface area contributed by atoms with Crippen LogP contribution in [0.5, 0.6) is 11.5 Å². The largest absolute Gasteiger partial charge is 0.495 e. The number of rotatable bonds is 4. The fraction of sp³-hybridized carbons (Fsp3) is 0.533. The lowest BCUT2D eigenvalue weighted by Crippen LogP contribution is -2.49. The van der Waals surface area contributed by atoms with Gasteiger partial charge in [-0.1, -0.05) is 11.6 Å². The van der Waals surface area contributed by atoms with Crippen LogP contribution in [0, 0.1) is 5.92 Å². The molecule has 2 heterocycles. The normalized spacial score (nSPS) is 24.4. The highest BCUT2D eigenvalue weighted by atomic mass is 35.5. The van der Waals surface area contributed by atoms with Crippen LogP contribution in [-0.4, -0.2) is 52.0 Å². The van der Waals surface area contributed by atoms with Gasteiger partial charge in [-0.05, 0) is 12.3 Å². The molecule has 24 heavy (non-hydrogen) atoms. The Labute approximate surface area is 145 Å². The second kappa shape index (κ2) is 6.42. The Balaban J connectivity index is 1.94. The molecule has 2 saturated heterocycles. The van der Waals surface area contributed by atoms with Crippen LogP contribution in [-0.2, 0) is 14.8 Å². The van der Waals surface area contributed by atoms with Gasteiger partial charge in [0.15, 0.2) is 0 Å². The van der Waals surface area contributed by atoms with Crippen molar-refractivity contribution in [2.75, 3.05) is 27.3 Å². The summed E-state index contributed by atoms with van der Waals surface area (Å²) in [7, 11) is -0.982. The molecule has 2 atom stereocenters. The van der Waals surface area contributed by atoms with E-state index in [1.165, 1.54) is 30.7 Å². The topological polar surface area (TPSA) is 84.9 Å². The molecule has 132 valence electrons. The summed E-state index contributed by atoms with van der Waals surface area (Å²) >= 11 is 6.04. The summed E-state index contributed by atoms with van der Waals surface area (Å²) in [6.07, 6.45) is 1.12. The lowest BCUT2D eigenvalue weighted by atomic mass is 9.94. The van der Waals surface area contributed by atoms with Crippen LogP contribution < -0.4 is 14.8 Å². The Morgan fingerprint density at radius 3 is 2.62 bits per heavy atom. The van der Waals surface area contributed by atoms with Crippen molar-refractivity contribution < 1.29 is 22.7 Å². The van der Waals surface area contributed by atoms with Gasteiger partial charge >= 0.3 is 0 Å². The average Bonchev–Trinajstić information content (AvgIpc) is 2.93. The molecule has 0 aliphatic carbocycles. The number of carbonyl (C=O) groups excluding carboxylic acids is 1. The molecule has 2 aliphatic heterocycles. The molecule has 0 radical (unpaired) electrons. The van der Waals surface area contributed by atoms with Crippen LogP contribution in [0.4, 0.5) is 0 Å². The van der Waals surface area contributed by atoms with Gasteiger partial charge < -0.3 is 14.8 Å². The molecule has 9 heteroatoms. The van der Waals surface area contributed by atoms with E-state index in [9.17, 15) is 13.2 Å². The van der Waals surface area contributed by atoms with Gasteiger partial charge in [0.05, 0.1) is 19.2 Å². The molecule has 2 fully saturated rings. The number of nitrogens with zero attached hydrogens (tertiary/aromatic N) is 1. The van der Waals surface area contributed by atoms with Crippen LogP contribution in [0.1, 0.15) is 12.8 Å². The van der Waals surface area contributed by atoms with Crippen molar-refractivity contribution in [2.24, 2.45) is 5.92 Å². The number of methoxy groups -OCH3 is 2. The number of hydrogen-bond acceptors (Lipinski definition) is 5. The highest BCUT2D eigenvalue weighted by Gasteiger charge is 2.41. The number of nitrogens with one attached hydrogen (secondary N) is 1. The number of sulfonamides is 1. The van der Waals surface area contributed by atoms with Crippen molar-refractivity contribution in [1.82, 2.24) is 9.62 Å². The minimum absolute atomic E-state index is 0.00836. The molecular formula is C15H19ClN2O5S. The first kappa shape index (κ1) is 17.3. The zero-order valence-corrected chi connectivity index (χ0v) is 15.0. The minimum atomic E-state index is -3.79. The summed E-state index contributed by atoms with van der Waals surface area (Å²) < 4.78 is 37.8. The van der Waals surface area contributed by atoms with Crippen LogP contribution in [0.25, 0.3) is 0 Å². The summed E-state index contributed by atoms with van der Waals surface area (Å²) in [6.45, 7) is 0.624. The molecule has 0 saturated carbocycles. The third-order valence-electron chi connectivity index (χ3n) is 4.57. The number of hydrogen-bond donors (Lipinski definition) is 1. The Morgan fingerprint density at radius 1 is 1.25 bits per heavy atom. The molecule has 1 amide bonds. The van der Waals surface area contributed by atoms with Gasteiger partial charge in [0.2, 0.25) is 15.9 Å². The summed E-state index contributed by atoms with van der Waals surface area (Å²) in [5.41, 5.74) is 0. The number of benzene rings is 1. The zero-order chi connectivity index (χ0) is 17.5. The molecule has 1 N–H and O–H groups in total. The Bertz CT molecular complexity index is 767. The van der Waals surface area contributed by atoms with Crippen molar-refractivity contribution in [1.29, 1.82) is 0 Å². The van der Waals surface area contributed by atoms with Crippen LogP contribution in [0.15, 0.2) is 17.0 Å². The van der Waals surface area contributed by atoms with Gasteiger partial charge in [-0.3, -0.25) is 4.79 Å². The standard InChI is InChI=1S/C15H19ClN2O5S/c1-22-12-7-14(13(23-2)6-10(12)16)24(20,21)18-4-3-9-5-15(19)17-11(9)8-18/h6-7,9,11H,3-5,8H2,1-2H3,(H,17,19)/t9-,11-/m1/s1. The van der Waals surface area contributed by atoms with Gasteiger partial charge in [-0.15, -0.1) is 0 Å². The molecule has 1 aromatic rings. The molecule has 7 nitrogen and oxygen atoms in total. The van der Waals surface area contributed by atoms with Gasteiger partial charge in [-0.25, -0.2) is 8.42 Å². The van der Waals surface area contributed by atoms with E-state index in [2.05, 4.69) is 5.32 Å². The third-order valence-corrected chi connectivity index (χ3v) is 6.75. The number of carbonyl (C=O) groups is 1. The van der Waals surface area contributed by atoms with E-state index < -0.39 is 10.0 Å². The SMILES string of the molecule is COc1cc(S(=O)(=O)N2CC[C@@H]3CC(=O)N[C@@H]3C2)c(OC)cc1Cl. The molecule has 0 bridgehead atoms. The third kappa shape index (κ3) is 2.94. The molecule has 3 rings (SSSR count). The lowest BCUT2D eigenvalue weighted by Gasteiger charge is -2.33. The van der Waals surface area contributed by atoms with Crippen molar-refractivity contribution in [3.63, 3.8) is 0 Å². The van der Waals surface area contributed by atoms with Crippen LogP contribution in [0.2, 0.25) is 5.02 Å². The van der Waals surface area contributed by atoms with Gasteiger partial charge in [0, 0.05) is 37.7 Å². The molecule has 0 spiro atoms. The van der Waals surface area contributed by atoms with E-state index in [4.69, 9.17) is 21.1 Å². The highest BCUT2D eigenvalue weighted by molar-refractivity contribution is 7.89. The van der Waals surface area contributed by atoms with E-state index in [1.54, 1.807) is 0 Å². The number of piperidine rings is 1. The van der Waals surface area contributed by atoms with Crippen molar-refractivity contribution in [2.45, 2.75) is 23.8 Å². The molecule has 2 aliphatic rings. The predicted molar refractivity (Wildman–Crippen MR) is 88.0 cm³/mol. The first-order valence-electron chi connectivity index (χ1n) is 7.58. The summed E-state index contributed by atoms with van der Waals surface area (Å²) in [5.74, 6) is 0.610. The van der Waals surface area contributed by atoms with Crippen molar-refractivity contribution in [3.05, 3.63) is 17.2 Å². The smallest absolute Gasteiger partial charge is 0.246 e. The summed E-state index contributed by atoms with van der Waals surface area (Å²) in [6, 6.07) is 2.66. The van der Waals surface area contributed by atoms with Crippen molar-refractivity contribution >= 4 is 27.5 Å². The lowest BCUT2D eigenvalue weighted by molar-refractivity contribution is -0.119.